The Balaban J connectivity index is 1.68. The number of carbonyl (C=O) groups excluding carboxylic acids is 2. The van der Waals surface area contributed by atoms with Gasteiger partial charge in [-0.15, -0.1) is 0 Å². The normalized spacial score (nSPS) is 11.6. The molecule has 4 rings (SSSR count). The van der Waals surface area contributed by atoms with E-state index in [0.717, 1.165) is 27.6 Å². The number of carbonyl (C=O) groups is 2. The first-order valence-electron chi connectivity index (χ1n) is 11.5. The van der Waals surface area contributed by atoms with Crippen LogP contribution in [0.3, 0.4) is 0 Å². The third kappa shape index (κ3) is 5.14. The Hall–Kier alpha value is -4.26. The van der Waals surface area contributed by atoms with E-state index in [4.69, 9.17) is 9.47 Å². The van der Waals surface area contributed by atoms with Crippen LogP contribution in [0.5, 0.6) is 11.5 Å². The van der Waals surface area contributed by atoms with Crippen LogP contribution in [0.2, 0.25) is 0 Å². The first kappa shape index (κ1) is 23.9. The predicted octanol–water partition coefficient (Wildman–Crippen LogP) is 4.33. The van der Waals surface area contributed by atoms with Gasteiger partial charge in [-0.1, -0.05) is 48.5 Å². The van der Waals surface area contributed by atoms with E-state index >= 15 is 0 Å². The molecular weight excluding hydrogens is 442 g/mol. The molecule has 1 atom stereocenters. The summed E-state index contributed by atoms with van der Waals surface area (Å²) >= 11 is 0. The highest BCUT2D eigenvalue weighted by atomic mass is 16.5. The first-order chi connectivity index (χ1) is 17.0. The van der Waals surface area contributed by atoms with Crippen molar-refractivity contribution in [1.29, 1.82) is 0 Å². The molecule has 2 amide bonds. The van der Waals surface area contributed by atoms with Crippen molar-refractivity contribution in [3.8, 4) is 22.6 Å². The van der Waals surface area contributed by atoms with Crippen LogP contribution in [0.25, 0.3) is 22.0 Å². The van der Waals surface area contributed by atoms with E-state index in [2.05, 4.69) is 15.6 Å². The topological polar surface area (TPSA) is 92.5 Å². The van der Waals surface area contributed by atoms with Crippen LogP contribution < -0.4 is 20.1 Å². The Bertz CT molecular complexity index is 1330. The molecule has 7 heteroatoms. The summed E-state index contributed by atoms with van der Waals surface area (Å²) in [6, 6.07) is 20.2. The molecule has 1 aromatic heterocycles. The standard InChI is InChI=1S/C28H29N3O4/c1-4-35-25-16-19(14-22(26(25)34-3)18-10-6-5-7-11-18)27(32)31-24(28(33)29-2)15-20-17-30-23-13-9-8-12-21(20)23/h5-14,16-17,24,30H,4,15H2,1-3H3,(H,29,33)(H,31,32)/t24-/m0/s1. The molecule has 0 aliphatic heterocycles. The molecule has 4 aromatic rings. The monoisotopic (exact) mass is 471 g/mol. The fourth-order valence-corrected chi connectivity index (χ4v) is 4.18. The minimum atomic E-state index is -0.760. The number of methoxy groups -OCH3 is 1. The van der Waals surface area contributed by atoms with Crippen molar-refractivity contribution in [2.75, 3.05) is 20.8 Å². The van der Waals surface area contributed by atoms with Crippen LogP contribution in [0.1, 0.15) is 22.8 Å². The van der Waals surface area contributed by atoms with E-state index in [1.165, 1.54) is 0 Å². The van der Waals surface area contributed by atoms with Gasteiger partial charge in [-0.2, -0.15) is 0 Å². The van der Waals surface area contributed by atoms with Crippen LogP contribution in [-0.4, -0.2) is 43.6 Å². The van der Waals surface area contributed by atoms with Crippen LogP contribution in [-0.2, 0) is 11.2 Å². The van der Waals surface area contributed by atoms with Crippen LogP contribution in [0.4, 0.5) is 0 Å². The maximum absolute atomic E-state index is 13.4. The Labute approximate surface area is 204 Å². The third-order valence-electron chi connectivity index (χ3n) is 5.87. The van der Waals surface area contributed by atoms with Gasteiger partial charge in [-0.3, -0.25) is 9.59 Å². The van der Waals surface area contributed by atoms with Crippen LogP contribution >= 0.6 is 0 Å². The quantitative estimate of drug-likeness (QED) is 0.339. The summed E-state index contributed by atoms with van der Waals surface area (Å²) in [5, 5.41) is 6.59. The number of benzene rings is 3. The van der Waals surface area contributed by atoms with Gasteiger partial charge in [-0.25, -0.2) is 0 Å². The number of amides is 2. The molecule has 3 aromatic carbocycles. The Kier molecular flexibility index (Phi) is 7.35. The number of aromatic amines is 1. The summed E-state index contributed by atoms with van der Waals surface area (Å²) in [5.74, 6) is 0.371. The van der Waals surface area contributed by atoms with Gasteiger partial charge >= 0.3 is 0 Å². The first-order valence-corrected chi connectivity index (χ1v) is 11.5. The second kappa shape index (κ2) is 10.8. The predicted molar refractivity (Wildman–Crippen MR) is 137 cm³/mol. The molecule has 1 heterocycles. The number of H-pyrrole nitrogens is 1. The van der Waals surface area contributed by atoms with E-state index in [1.807, 2.05) is 67.7 Å². The van der Waals surface area contributed by atoms with Gasteiger partial charge in [-0.05, 0) is 36.2 Å². The number of rotatable bonds is 9. The average molecular weight is 472 g/mol. The van der Waals surface area contributed by atoms with Gasteiger partial charge in [0, 0.05) is 41.7 Å². The minimum Gasteiger partial charge on any atom is -0.492 e. The van der Waals surface area contributed by atoms with E-state index in [-0.39, 0.29) is 11.8 Å². The number of ether oxygens (including phenoxy) is 2. The fraction of sp³-hybridized carbons (Fsp3) is 0.214. The lowest BCUT2D eigenvalue weighted by Crippen LogP contribution is -2.47. The van der Waals surface area contributed by atoms with Crippen molar-refractivity contribution in [1.82, 2.24) is 15.6 Å². The average Bonchev–Trinajstić information content (AvgIpc) is 3.30. The summed E-state index contributed by atoms with van der Waals surface area (Å²) in [6.45, 7) is 2.29. The summed E-state index contributed by atoms with van der Waals surface area (Å²) < 4.78 is 11.4. The molecule has 0 aliphatic carbocycles. The number of aromatic nitrogens is 1. The molecule has 3 N–H and O–H groups in total. The Morgan fingerprint density at radius 2 is 1.77 bits per heavy atom. The zero-order chi connectivity index (χ0) is 24.8. The van der Waals surface area contributed by atoms with Crippen molar-refractivity contribution in [3.05, 3.63) is 84.1 Å². The van der Waals surface area contributed by atoms with Gasteiger partial charge in [0.05, 0.1) is 13.7 Å². The van der Waals surface area contributed by atoms with Crippen molar-refractivity contribution in [2.45, 2.75) is 19.4 Å². The summed E-state index contributed by atoms with van der Waals surface area (Å²) in [4.78, 5) is 29.4. The lowest BCUT2D eigenvalue weighted by molar-refractivity contribution is -0.122. The number of nitrogens with one attached hydrogen (secondary N) is 3. The number of fused-ring (bicyclic) bond motifs is 1. The van der Waals surface area contributed by atoms with Gasteiger partial charge in [0.1, 0.15) is 6.04 Å². The molecule has 35 heavy (non-hydrogen) atoms. The lowest BCUT2D eigenvalue weighted by atomic mass is 9.99. The zero-order valence-electron chi connectivity index (χ0n) is 20.1. The third-order valence-corrected chi connectivity index (χ3v) is 5.87. The van der Waals surface area contributed by atoms with Gasteiger partial charge in [0.2, 0.25) is 5.91 Å². The molecule has 0 fully saturated rings. The van der Waals surface area contributed by atoms with Gasteiger partial charge in [0.15, 0.2) is 11.5 Å². The number of likely N-dealkylation sites (N-methyl/N-ethyl adjacent to an activating group) is 1. The second-order valence-corrected chi connectivity index (χ2v) is 8.06. The molecule has 0 unspecified atom stereocenters. The minimum absolute atomic E-state index is 0.273. The Morgan fingerprint density at radius 1 is 1.03 bits per heavy atom. The lowest BCUT2D eigenvalue weighted by Gasteiger charge is -2.19. The van der Waals surface area contributed by atoms with E-state index < -0.39 is 6.04 Å². The Morgan fingerprint density at radius 3 is 2.49 bits per heavy atom. The molecule has 0 saturated heterocycles. The smallest absolute Gasteiger partial charge is 0.252 e. The fourth-order valence-electron chi connectivity index (χ4n) is 4.18. The largest absolute Gasteiger partial charge is 0.492 e. The highest BCUT2D eigenvalue weighted by molar-refractivity contribution is 6.00. The molecular formula is C28H29N3O4. The maximum Gasteiger partial charge on any atom is 0.252 e. The maximum atomic E-state index is 13.4. The molecule has 7 nitrogen and oxygen atoms in total. The second-order valence-electron chi connectivity index (χ2n) is 8.06. The summed E-state index contributed by atoms with van der Waals surface area (Å²) in [7, 11) is 3.14. The number of para-hydroxylation sites is 1. The molecule has 0 radical (unpaired) electrons. The van der Waals surface area contributed by atoms with Crippen LogP contribution in [0, 0.1) is 0 Å². The van der Waals surface area contributed by atoms with Gasteiger partial charge in [0.25, 0.3) is 5.91 Å². The summed E-state index contributed by atoms with van der Waals surface area (Å²) in [5.41, 5.74) is 3.93. The summed E-state index contributed by atoms with van der Waals surface area (Å²) in [6.07, 6.45) is 2.22. The van der Waals surface area contributed by atoms with Crippen molar-refractivity contribution in [2.24, 2.45) is 0 Å². The van der Waals surface area contributed by atoms with Crippen molar-refractivity contribution in [3.63, 3.8) is 0 Å². The van der Waals surface area contributed by atoms with E-state index in [1.54, 1.807) is 26.3 Å². The van der Waals surface area contributed by atoms with Crippen molar-refractivity contribution >= 4 is 22.7 Å². The van der Waals surface area contributed by atoms with Crippen molar-refractivity contribution < 1.29 is 19.1 Å². The molecule has 0 spiro atoms. The van der Waals surface area contributed by atoms with E-state index in [0.29, 0.717) is 30.1 Å². The molecule has 0 saturated carbocycles. The number of hydrogen-bond donors (Lipinski definition) is 3. The highest BCUT2D eigenvalue weighted by Gasteiger charge is 2.24. The van der Waals surface area contributed by atoms with Crippen LogP contribution in [0.15, 0.2) is 72.9 Å². The zero-order valence-corrected chi connectivity index (χ0v) is 20.1. The SMILES string of the molecule is CCOc1cc(C(=O)N[C@@H](Cc2c[nH]c3ccccc23)C(=O)NC)cc(-c2ccccc2)c1OC. The molecule has 0 aliphatic rings. The van der Waals surface area contributed by atoms with Gasteiger partial charge < -0.3 is 25.1 Å². The number of hydrogen-bond acceptors (Lipinski definition) is 4. The molecule has 180 valence electrons. The van der Waals surface area contributed by atoms with E-state index in [9.17, 15) is 9.59 Å². The highest BCUT2D eigenvalue weighted by Crippen LogP contribution is 2.39. The molecule has 0 bridgehead atoms.